The Morgan fingerprint density at radius 3 is 2.95 bits per heavy atom. The minimum absolute atomic E-state index is 0.199. The average Bonchev–Trinajstić information content (AvgIpc) is 2.90. The number of hydrogen-bond acceptors (Lipinski definition) is 5. The second kappa shape index (κ2) is 5.93. The van der Waals surface area contributed by atoms with Gasteiger partial charge in [-0.05, 0) is 36.6 Å². The summed E-state index contributed by atoms with van der Waals surface area (Å²) in [5.74, 6) is 1.11. The molecule has 0 fully saturated rings. The van der Waals surface area contributed by atoms with Crippen LogP contribution < -0.4 is 5.73 Å². The lowest BCUT2D eigenvalue weighted by atomic mass is 9.93. The van der Waals surface area contributed by atoms with E-state index in [9.17, 15) is 0 Å². The number of hydrogen-bond donors (Lipinski definition) is 1. The summed E-state index contributed by atoms with van der Waals surface area (Å²) >= 11 is 12.4. The van der Waals surface area contributed by atoms with Crippen LogP contribution in [0.15, 0.2) is 16.7 Å². The molecule has 1 atom stereocenters. The van der Waals surface area contributed by atoms with Gasteiger partial charge in [-0.25, -0.2) is 0 Å². The molecule has 1 aliphatic heterocycles. The molecule has 0 spiro atoms. The summed E-state index contributed by atoms with van der Waals surface area (Å²) in [6.45, 7) is 3.90. The molecule has 2 N–H and O–H groups in total. The number of benzene rings is 1. The van der Waals surface area contributed by atoms with Gasteiger partial charge in [0.15, 0.2) is 5.82 Å². The summed E-state index contributed by atoms with van der Waals surface area (Å²) in [5.41, 5.74) is 7.83. The van der Waals surface area contributed by atoms with E-state index in [1.807, 2.05) is 6.07 Å². The summed E-state index contributed by atoms with van der Waals surface area (Å²) in [5, 5.41) is 5.36. The quantitative estimate of drug-likeness (QED) is 0.939. The zero-order valence-corrected chi connectivity index (χ0v) is 13.2. The lowest BCUT2D eigenvalue weighted by Gasteiger charge is -2.35. The Kier molecular flexibility index (Phi) is 4.17. The Morgan fingerprint density at radius 2 is 2.24 bits per heavy atom. The number of aromatic nitrogens is 2. The average molecular weight is 327 g/mol. The predicted octanol–water partition coefficient (Wildman–Crippen LogP) is 2.95. The molecule has 2 heterocycles. The van der Waals surface area contributed by atoms with Crippen LogP contribution in [-0.4, -0.2) is 21.6 Å². The summed E-state index contributed by atoms with van der Waals surface area (Å²) in [6, 6.07) is 3.99. The molecule has 1 aromatic carbocycles. The Hall–Kier alpha value is -1.14. The molecule has 1 aromatic heterocycles. The lowest BCUT2D eigenvalue weighted by Crippen LogP contribution is -2.34. The fourth-order valence-corrected chi connectivity index (χ4v) is 3.34. The van der Waals surface area contributed by atoms with Crippen molar-refractivity contribution < 1.29 is 4.52 Å². The van der Waals surface area contributed by atoms with E-state index in [4.69, 9.17) is 33.5 Å². The molecule has 0 aliphatic carbocycles. The van der Waals surface area contributed by atoms with Crippen LogP contribution >= 0.6 is 23.2 Å². The van der Waals surface area contributed by atoms with Crippen molar-refractivity contribution in [3.05, 3.63) is 45.0 Å². The van der Waals surface area contributed by atoms with Crippen LogP contribution in [0.1, 0.15) is 35.8 Å². The van der Waals surface area contributed by atoms with Crippen molar-refractivity contribution in [1.29, 1.82) is 0 Å². The van der Waals surface area contributed by atoms with Gasteiger partial charge in [0.1, 0.15) is 0 Å². The summed E-state index contributed by atoms with van der Waals surface area (Å²) in [6.07, 6.45) is 0.886. The molecule has 1 aliphatic rings. The molecular formula is C14H16Cl2N4O. The maximum Gasteiger partial charge on any atom is 0.240 e. The van der Waals surface area contributed by atoms with E-state index in [-0.39, 0.29) is 12.6 Å². The first-order valence-electron chi connectivity index (χ1n) is 6.82. The van der Waals surface area contributed by atoms with Gasteiger partial charge in [-0.15, -0.1) is 0 Å². The fourth-order valence-electron chi connectivity index (χ4n) is 2.74. The van der Waals surface area contributed by atoms with Crippen molar-refractivity contribution in [1.82, 2.24) is 15.0 Å². The van der Waals surface area contributed by atoms with Crippen LogP contribution in [0, 0.1) is 0 Å². The largest absolute Gasteiger partial charge is 0.338 e. The van der Waals surface area contributed by atoms with Gasteiger partial charge in [0, 0.05) is 22.6 Å². The molecule has 0 amide bonds. The lowest BCUT2D eigenvalue weighted by molar-refractivity contribution is 0.182. The molecule has 21 heavy (non-hydrogen) atoms. The van der Waals surface area contributed by atoms with Crippen molar-refractivity contribution >= 4 is 23.2 Å². The highest BCUT2D eigenvalue weighted by molar-refractivity contribution is 6.35. The Bertz CT molecular complexity index is 658. The Morgan fingerprint density at radius 1 is 1.43 bits per heavy atom. The standard InChI is InChI=1S/C14H16Cl2N4O/c1-8-11-4-9(15)5-12(16)10(11)2-3-20(8)7-13-18-14(6-17)21-19-13/h4-5,8H,2-3,6-7,17H2,1H3. The van der Waals surface area contributed by atoms with Crippen molar-refractivity contribution in [3.63, 3.8) is 0 Å². The molecule has 0 bridgehead atoms. The number of halogens is 2. The topological polar surface area (TPSA) is 68.2 Å². The molecular weight excluding hydrogens is 311 g/mol. The predicted molar refractivity (Wildman–Crippen MR) is 81.2 cm³/mol. The van der Waals surface area contributed by atoms with Crippen molar-refractivity contribution in [3.8, 4) is 0 Å². The summed E-state index contributed by atoms with van der Waals surface area (Å²) in [4.78, 5) is 6.53. The number of fused-ring (bicyclic) bond motifs is 1. The molecule has 3 rings (SSSR count). The van der Waals surface area contributed by atoms with Gasteiger partial charge in [0.25, 0.3) is 0 Å². The first kappa shape index (κ1) is 14.8. The van der Waals surface area contributed by atoms with Crippen molar-refractivity contribution in [2.75, 3.05) is 6.54 Å². The highest BCUT2D eigenvalue weighted by Crippen LogP contribution is 2.36. The maximum absolute atomic E-state index is 6.29. The normalized spacial score (nSPS) is 18.8. The Labute approximate surface area is 133 Å². The Balaban J connectivity index is 1.83. The van der Waals surface area contributed by atoms with E-state index in [0.717, 1.165) is 18.0 Å². The first-order valence-corrected chi connectivity index (χ1v) is 7.57. The minimum atomic E-state index is 0.199. The van der Waals surface area contributed by atoms with Gasteiger partial charge in [0.05, 0.1) is 13.1 Å². The van der Waals surface area contributed by atoms with Gasteiger partial charge in [-0.3, -0.25) is 4.90 Å². The number of nitrogens with zero attached hydrogens (tertiary/aromatic N) is 3. The van der Waals surface area contributed by atoms with Gasteiger partial charge in [-0.1, -0.05) is 28.4 Å². The monoisotopic (exact) mass is 326 g/mol. The van der Waals surface area contributed by atoms with Crippen LogP contribution in [0.5, 0.6) is 0 Å². The molecule has 112 valence electrons. The molecule has 7 heteroatoms. The smallest absolute Gasteiger partial charge is 0.240 e. The highest BCUT2D eigenvalue weighted by atomic mass is 35.5. The van der Waals surface area contributed by atoms with Crippen molar-refractivity contribution in [2.45, 2.75) is 32.5 Å². The number of rotatable bonds is 3. The summed E-state index contributed by atoms with van der Waals surface area (Å²) in [7, 11) is 0. The third-order valence-corrected chi connectivity index (χ3v) is 4.43. The molecule has 5 nitrogen and oxygen atoms in total. The van der Waals surface area contributed by atoms with E-state index in [1.54, 1.807) is 6.07 Å². The van der Waals surface area contributed by atoms with E-state index >= 15 is 0 Å². The fraction of sp³-hybridized carbons (Fsp3) is 0.429. The summed E-state index contributed by atoms with van der Waals surface area (Å²) < 4.78 is 5.04. The zero-order valence-electron chi connectivity index (χ0n) is 11.6. The molecule has 0 saturated carbocycles. The first-order chi connectivity index (χ1) is 10.1. The third-order valence-electron chi connectivity index (χ3n) is 3.87. The van der Waals surface area contributed by atoms with Gasteiger partial charge < -0.3 is 10.3 Å². The van der Waals surface area contributed by atoms with E-state index in [2.05, 4.69) is 22.0 Å². The molecule has 0 radical (unpaired) electrons. The minimum Gasteiger partial charge on any atom is -0.338 e. The van der Waals surface area contributed by atoms with E-state index < -0.39 is 0 Å². The van der Waals surface area contributed by atoms with E-state index in [0.29, 0.717) is 23.3 Å². The molecule has 2 aromatic rings. The van der Waals surface area contributed by atoms with Crippen molar-refractivity contribution in [2.24, 2.45) is 5.73 Å². The molecule has 1 unspecified atom stereocenters. The van der Waals surface area contributed by atoms with Crippen LogP contribution in [-0.2, 0) is 19.5 Å². The maximum atomic E-state index is 6.29. The zero-order chi connectivity index (χ0) is 15.0. The SMILES string of the molecule is CC1c2cc(Cl)cc(Cl)c2CCN1Cc1noc(CN)n1. The second-order valence-corrected chi connectivity index (χ2v) is 6.00. The van der Waals surface area contributed by atoms with Gasteiger partial charge in [-0.2, -0.15) is 4.98 Å². The molecule has 0 saturated heterocycles. The van der Waals surface area contributed by atoms with E-state index in [1.165, 1.54) is 11.1 Å². The van der Waals surface area contributed by atoms with Crippen LogP contribution in [0.2, 0.25) is 10.0 Å². The third kappa shape index (κ3) is 2.92. The second-order valence-electron chi connectivity index (χ2n) is 5.16. The number of nitrogens with two attached hydrogens (primary N) is 1. The highest BCUT2D eigenvalue weighted by Gasteiger charge is 2.27. The van der Waals surface area contributed by atoms with Crippen LogP contribution in [0.3, 0.4) is 0 Å². The van der Waals surface area contributed by atoms with Crippen LogP contribution in [0.25, 0.3) is 0 Å². The van der Waals surface area contributed by atoms with Gasteiger partial charge >= 0.3 is 0 Å². The van der Waals surface area contributed by atoms with Crippen LogP contribution in [0.4, 0.5) is 0 Å². The van der Waals surface area contributed by atoms with Gasteiger partial charge in [0.2, 0.25) is 5.89 Å².